The molecule has 2 aliphatic heterocycles. The number of aliphatic hydroxyl groups is 1. The Morgan fingerprint density at radius 2 is 2.00 bits per heavy atom. The number of ether oxygens (including phenoxy) is 1. The van der Waals surface area contributed by atoms with Crippen molar-refractivity contribution in [1.29, 1.82) is 5.41 Å². The first kappa shape index (κ1) is 33.6. The SMILES string of the molecule is CC1=C(c2ccc(OCCN3CCC(CO)CC3)cc2)C=C(C(F)F)/C(=C/NC(C(=O)Nc2nccs2)c2ncn3c2C[C@@H](F)C3)C1=N. The Bertz CT molecular complexity index is 1710. The number of anilines is 1. The maximum absolute atomic E-state index is 14.6. The Morgan fingerprint density at radius 3 is 2.69 bits per heavy atom. The number of thiazole rings is 1. The summed E-state index contributed by atoms with van der Waals surface area (Å²) in [7, 11) is 0. The number of carbonyl (C=O) groups is 1. The third kappa shape index (κ3) is 7.40. The van der Waals surface area contributed by atoms with Crippen LogP contribution in [-0.2, 0) is 17.8 Å². The van der Waals surface area contributed by atoms with Gasteiger partial charge >= 0.3 is 0 Å². The summed E-state index contributed by atoms with van der Waals surface area (Å²) in [4.78, 5) is 24.2. The molecule has 0 spiro atoms. The largest absolute Gasteiger partial charge is 0.492 e. The van der Waals surface area contributed by atoms with E-state index < -0.39 is 24.5 Å². The number of alkyl halides is 3. The maximum atomic E-state index is 14.6. The van der Waals surface area contributed by atoms with E-state index in [-0.39, 0.29) is 42.1 Å². The number of nitrogens with zero attached hydrogens (tertiary/aromatic N) is 4. The second kappa shape index (κ2) is 14.9. The van der Waals surface area contributed by atoms with Crippen LogP contribution in [-0.4, -0.2) is 81.6 Å². The summed E-state index contributed by atoms with van der Waals surface area (Å²) < 4.78 is 50.9. The molecule has 1 amide bonds. The van der Waals surface area contributed by atoms with Gasteiger partial charge in [-0.05, 0) is 73.7 Å². The number of likely N-dealkylation sites (tertiary alicyclic amines) is 1. The molecule has 2 aromatic heterocycles. The number of fused-ring (bicyclic) bond motifs is 1. The molecule has 10 nitrogen and oxygen atoms in total. The fourth-order valence-corrected chi connectivity index (χ4v) is 6.85. The fraction of sp³-hybridized carbons (Fsp3) is 0.412. The minimum absolute atomic E-state index is 0.0551. The third-order valence-corrected chi connectivity index (χ3v) is 9.77. The van der Waals surface area contributed by atoms with Crippen molar-refractivity contribution in [3.8, 4) is 5.75 Å². The fourth-order valence-electron chi connectivity index (χ4n) is 6.31. The van der Waals surface area contributed by atoms with E-state index in [0.717, 1.165) is 32.5 Å². The van der Waals surface area contributed by atoms with Crippen molar-refractivity contribution in [2.45, 2.75) is 51.4 Å². The molecule has 2 atom stereocenters. The van der Waals surface area contributed by atoms with Crippen LogP contribution in [0.4, 0.5) is 18.3 Å². The molecule has 1 saturated heterocycles. The van der Waals surface area contributed by atoms with E-state index in [4.69, 9.17) is 10.1 Å². The van der Waals surface area contributed by atoms with E-state index in [1.165, 1.54) is 36.1 Å². The zero-order valence-electron chi connectivity index (χ0n) is 26.5. The van der Waals surface area contributed by atoms with Crippen LogP contribution in [0.3, 0.4) is 0 Å². The topological polar surface area (TPSA) is 128 Å². The second-order valence-electron chi connectivity index (χ2n) is 12.2. The van der Waals surface area contributed by atoms with Gasteiger partial charge in [0.15, 0.2) is 11.2 Å². The number of halogens is 3. The van der Waals surface area contributed by atoms with E-state index >= 15 is 0 Å². The standard InChI is InChI=1S/C34H38F3N7O3S/c1-20-25(22-2-4-24(5-3-22)47-12-11-43-9-6-21(18-45)7-10-43)15-26(32(36)37)27(29(20)38)16-40-31(33(46)42-34-39-8-13-48-34)30-28-14-23(35)17-44(28)19-41-30/h2-5,8,13,15-16,19,21,23,31-32,38,40,45H,6-7,9-12,14,17-18H2,1H3,(H,39,42,46)/b27-16-,38-29?/t23-,31?/m1/s1. The van der Waals surface area contributed by atoms with Crippen LogP contribution in [0, 0.1) is 11.3 Å². The van der Waals surface area contributed by atoms with Gasteiger partial charge in [0.1, 0.15) is 18.5 Å². The first-order valence-corrected chi connectivity index (χ1v) is 16.8. The third-order valence-electron chi connectivity index (χ3n) is 9.08. The van der Waals surface area contributed by atoms with Crippen molar-refractivity contribution in [2.24, 2.45) is 5.92 Å². The lowest BCUT2D eigenvalue weighted by Crippen LogP contribution is -2.37. The summed E-state index contributed by atoms with van der Waals surface area (Å²) >= 11 is 1.21. The Morgan fingerprint density at radius 1 is 1.23 bits per heavy atom. The molecule has 3 aromatic rings. The predicted molar refractivity (Wildman–Crippen MR) is 178 cm³/mol. The Hall–Kier alpha value is -4.27. The van der Waals surface area contributed by atoms with Gasteiger partial charge in [-0.1, -0.05) is 12.1 Å². The van der Waals surface area contributed by atoms with E-state index in [2.05, 4.69) is 25.5 Å². The molecule has 48 heavy (non-hydrogen) atoms. The number of nitrogens with one attached hydrogen (secondary N) is 3. The zero-order chi connectivity index (χ0) is 33.8. The monoisotopic (exact) mass is 681 g/mol. The number of imidazole rings is 1. The lowest BCUT2D eigenvalue weighted by molar-refractivity contribution is -0.118. The van der Waals surface area contributed by atoms with Crippen LogP contribution in [0.25, 0.3) is 5.57 Å². The predicted octanol–water partition coefficient (Wildman–Crippen LogP) is 5.17. The average Bonchev–Trinajstić information content (AvgIpc) is 3.82. The summed E-state index contributed by atoms with van der Waals surface area (Å²) in [6, 6.07) is 6.00. The van der Waals surface area contributed by atoms with E-state index in [1.54, 1.807) is 41.1 Å². The molecule has 14 heteroatoms. The molecule has 1 aliphatic carbocycles. The van der Waals surface area contributed by atoms with E-state index in [1.807, 2.05) is 0 Å². The molecule has 1 aromatic carbocycles. The lowest BCUT2D eigenvalue weighted by atomic mass is 9.84. The first-order chi connectivity index (χ1) is 23.2. The molecule has 0 saturated carbocycles. The number of allylic oxidation sites excluding steroid dienone is 5. The molecule has 0 bridgehead atoms. The van der Waals surface area contributed by atoms with Crippen molar-refractivity contribution >= 4 is 33.7 Å². The Balaban J connectivity index is 1.18. The van der Waals surface area contributed by atoms with Gasteiger partial charge in [0.25, 0.3) is 12.3 Å². The summed E-state index contributed by atoms with van der Waals surface area (Å²) in [5.41, 5.74) is 1.94. The number of hydrogen-bond donors (Lipinski definition) is 4. The normalized spacial score (nSPS) is 20.3. The van der Waals surface area contributed by atoms with Gasteiger partial charge in [-0.2, -0.15) is 0 Å². The number of carbonyl (C=O) groups excluding carboxylic acids is 1. The molecule has 0 radical (unpaired) electrons. The number of aliphatic hydroxyl groups excluding tert-OH is 1. The molecule has 1 fully saturated rings. The number of amides is 1. The van der Waals surface area contributed by atoms with Crippen LogP contribution in [0.15, 0.2) is 71.2 Å². The highest BCUT2D eigenvalue weighted by Crippen LogP contribution is 2.36. The van der Waals surface area contributed by atoms with Crippen molar-refractivity contribution in [1.82, 2.24) is 24.8 Å². The number of piperidine rings is 1. The van der Waals surface area contributed by atoms with Gasteiger partial charge in [-0.3, -0.25) is 20.4 Å². The summed E-state index contributed by atoms with van der Waals surface area (Å²) in [6.45, 7) is 5.21. The van der Waals surface area contributed by atoms with Gasteiger partial charge in [0.05, 0.1) is 24.3 Å². The first-order valence-electron chi connectivity index (χ1n) is 15.9. The minimum atomic E-state index is -2.90. The van der Waals surface area contributed by atoms with Gasteiger partial charge in [-0.15, -0.1) is 11.3 Å². The zero-order valence-corrected chi connectivity index (χ0v) is 27.3. The minimum Gasteiger partial charge on any atom is -0.492 e. The van der Waals surface area contributed by atoms with E-state index in [9.17, 15) is 23.1 Å². The molecule has 254 valence electrons. The molecular weight excluding hydrogens is 643 g/mol. The molecule has 1 unspecified atom stereocenters. The lowest BCUT2D eigenvalue weighted by Gasteiger charge is -2.30. The Labute approximate surface area is 280 Å². The Kier molecular flexibility index (Phi) is 10.4. The van der Waals surface area contributed by atoms with Gasteiger partial charge in [0, 0.05) is 54.2 Å². The molecule has 4 N–H and O–H groups in total. The highest BCUT2D eigenvalue weighted by atomic mass is 32.1. The van der Waals surface area contributed by atoms with Crippen LogP contribution >= 0.6 is 11.3 Å². The molecule has 4 heterocycles. The van der Waals surface area contributed by atoms with Crippen LogP contribution in [0.5, 0.6) is 5.75 Å². The number of aromatic nitrogens is 3. The van der Waals surface area contributed by atoms with Crippen LogP contribution in [0.2, 0.25) is 0 Å². The summed E-state index contributed by atoms with van der Waals surface area (Å²) in [6.07, 6.45) is 3.65. The van der Waals surface area contributed by atoms with Crippen LogP contribution in [0.1, 0.15) is 42.8 Å². The molecule has 3 aliphatic rings. The summed E-state index contributed by atoms with van der Waals surface area (Å²) in [5.74, 6) is 0.489. The number of rotatable bonds is 12. The quantitative estimate of drug-likeness (QED) is 0.208. The van der Waals surface area contributed by atoms with Crippen LogP contribution < -0.4 is 15.4 Å². The van der Waals surface area contributed by atoms with Gasteiger partial charge < -0.3 is 19.7 Å². The van der Waals surface area contributed by atoms with E-state index in [0.29, 0.717) is 45.8 Å². The average molecular weight is 682 g/mol. The number of benzene rings is 1. The highest BCUT2D eigenvalue weighted by molar-refractivity contribution is 7.13. The second-order valence-corrected chi connectivity index (χ2v) is 13.1. The van der Waals surface area contributed by atoms with Crippen molar-refractivity contribution < 1.29 is 27.8 Å². The van der Waals surface area contributed by atoms with Crippen molar-refractivity contribution in [3.63, 3.8) is 0 Å². The molecule has 6 rings (SSSR count). The van der Waals surface area contributed by atoms with Gasteiger partial charge in [-0.25, -0.2) is 23.1 Å². The van der Waals surface area contributed by atoms with Crippen molar-refractivity contribution in [2.75, 3.05) is 38.2 Å². The number of hydrogen-bond acceptors (Lipinski definition) is 9. The highest BCUT2D eigenvalue weighted by Gasteiger charge is 2.33. The maximum Gasteiger partial charge on any atom is 0.264 e. The van der Waals surface area contributed by atoms with Gasteiger partial charge in [0.2, 0.25) is 0 Å². The summed E-state index contributed by atoms with van der Waals surface area (Å²) in [5, 5.41) is 25.9. The smallest absolute Gasteiger partial charge is 0.264 e. The molecular formula is C34H38F3N7O3S. The van der Waals surface area contributed by atoms with Crippen molar-refractivity contribution in [3.05, 3.63) is 88.1 Å².